The van der Waals surface area contributed by atoms with Gasteiger partial charge >= 0.3 is 0 Å². The zero-order valence-electron chi connectivity index (χ0n) is 8.68. The normalized spacial score (nSPS) is 11.5. The van der Waals surface area contributed by atoms with Crippen molar-refractivity contribution >= 4 is 18.3 Å². The molecule has 0 aromatic heterocycles. The van der Waals surface area contributed by atoms with E-state index in [1.807, 2.05) is 13.1 Å². The van der Waals surface area contributed by atoms with Crippen LogP contribution in [0.25, 0.3) is 0 Å². The molecule has 0 radical (unpaired) electrons. The highest BCUT2D eigenvalue weighted by Gasteiger charge is 2.14. The number of nitrogens with one attached hydrogen (secondary N) is 1. The first-order valence-corrected chi connectivity index (χ1v) is 4.91. The summed E-state index contributed by atoms with van der Waals surface area (Å²) in [6.45, 7) is 6.62. The molecule has 0 aliphatic carbocycles. The van der Waals surface area contributed by atoms with E-state index in [0.29, 0.717) is 0 Å². The third-order valence-electron chi connectivity index (χ3n) is 2.13. The molecule has 1 N–H and O–H groups in total. The molecule has 0 heterocycles. The Hall–Kier alpha value is -0.630. The highest BCUT2D eigenvalue weighted by atomic mass is 32.1. The van der Waals surface area contributed by atoms with Gasteiger partial charge in [-0.05, 0) is 23.1 Å². The molecular formula is C11H17NS. The van der Waals surface area contributed by atoms with E-state index in [9.17, 15) is 0 Å². The van der Waals surface area contributed by atoms with Crippen molar-refractivity contribution in [2.45, 2.75) is 31.1 Å². The first kappa shape index (κ1) is 10.5. The van der Waals surface area contributed by atoms with Gasteiger partial charge in [-0.1, -0.05) is 26.8 Å². The predicted octanol–water partition coefficient (Wildman–Crippen LogP) is 3.31. The lowest BCUT2D eigenvalue weighted by atomic mass is 9.87. The van der Waals surface area contributed by atoms with Crippen LogP contribution in [0.2, 0.25) is 0 Å². The minimum atomic E-state index is 0.201. The molecule has 0 saturated heterocycles. The highest BCUT2D eigenvalue weighted by molar-refractivity contribution is 7.80. The zero-order valence-corrected chi connectivity index (χ0v) is 9.57. The Kier molecular flexibility index (Phi) is 2.91. The summed E-state index contributed by atoms with van der Waals surface area (Å²) in [6, 6.07) is 6.32. The molecule has 1 aromatic rings. The topological polar surface area (TPSA) is 12.0 Å². The summed E-state index contributed by atoms with van der Waals surface area (Å²) in [5.41, 5.74) is 2.62. The maximum Gasteiger partial charge on any atom is 0.0476 e. The maximum atomic E-state index is 4.36. The van der Waals surface area contributed by atoms with E-state index in [0.717, 1.165) is 10.6 Å². The van der Waals surface area contributed by atoms with Gasteiger partial charge in [0.05, 0.1) is 0 Å². The Labute approximate surface area is 86.0 Å². The summed E-state index contributed by atoms with van der Waals surface area (Å²) in [6.07, 6.45) is 0. The molecule has 0 bridgehead atoms. The molecular weight excluding hydrogens is 178 g/mol. The van der Waals surface area contributed by atoms with Gasteiger partial charge in [0.1, 0.15) is 0 Å². The second-order valence-electron chi connectivity index (χ2n) is 4.23. The van der Waals surface area contributed by atoms with Gasteiger partial charge in [-0.2, -0.15) is 0 Å². The minimum absolute atomic E-state index is 0.201. The molecule has 72 valence electrons. The fourth-order valence-corrected chi connectivity index (χ4v) is 1.45. The second-order valence-corrected chi connectivity index (χ2v) is 4.71. The Morgan fingerprint density at radius 1 is 1.23 bits per heavy atom. The van der Waals surface area contributed by atoms with E-state index in [-0.39, 0.29) is 5.41 Å². The van der Waals surface area contributed by atoms with Gasteiger partial charge in [-0.25, -0.2) is 0 Å². The largest absolute Gasteiger partial charge is 0.387 e. The minimum Gasteiger partial charge on any atom is -0.387 e. The first-order chi connectivity index (χ1) is 5.95. The molecule has 0 aliphatic rings. The summed E-state index contributed by atoms with van der Waals surface area (Å²) in [4.78, 5) is 0.996. The average Bonchev–Trinajstić information content (AvgIpc) is 2.03. The zero-order chi connectivity index (χ0) is 10.1. The van der Waals surface area contributed by atoms with Crippen LogP contribution >= 0.6 is 12.6 Å². The molecule has 0 unspecified atom stereocenters. The molecule has 0 saturated carbocycles. The molecule has 0 atom stereocenters. The van der Waals surface area contributed by atoms with E-state index in [1.165, 1.54) is 5.56 Å². The summed E-state index contributed by atoms with van der Waals surface area (Å²) in [5.74, 6) is 0. The highest BCUT2D eigenvalue weighted by Crippen LogP contribution is 2.28. The van der Waals surface area contributed by atoms with E-state index in [2.05, 4.69) is 50.8 Å². The van der Waals surface area contributed by atoms with Gasteiger partial charge in [-0.3, -0.25) is 0 Å². The molecule has 0 aliphatic heterocycles. The van der Waals surface area contributed by atoms with E-state index >= 15 is 0 Å². The van der Waals surface area contributed by atoms with Gasteiger partial charge in [0.25, 0.3) is 0 Å². The van der Waals surface area contributed by atoms with Gasteiger partial charge in [0, 0.05) is 17.6 Å². The average molecular weight is 195 g/mol. The van der Waals surface area contributed by atoms with Gasteiger partial charge in [-0.15, -0.1) is 12.6 Å². The van der Waals surface area contributed by atoms with E-state index in [1.54, 1.807) is 0 Å². The third-order valence-corrected chi connectivity index (χ3v) is 2.52. The molecule has 1 aromatic carbocycles. The molecule has 0 amide bonds. The van der Waals surface area contributed by atoms with Gasteiger partial charge < -0.3 is 5.32 Å². The number of anilines is 1. The number of thiol groups is 1. The van der Waals surface area contributed by atoms with Crippen molar-refractivity contribution in [2.24, 2.45) is 0 Å². The van der Waals surface area contributed by atoms with Crippen LogP contribution < -0.4 is 5.32 Å². The van der Waals surface area contributed by atoms with Crippen molar-refractivity contribution in [3.63, 3.8) is 0 Å². The van der Waals surface area contributed by atoms with E-state index in [4.69, 9.17) is 0 Å². The number of hydrogen-bond acceptors (Lipinski definition) is 2. The molecule has 13 heavy (non-hydrogen) atoms. The van der Waals surface area contributed by atoms with Crippen molar-refractivity contribution in [1.29, 1.82) is 0 Å². The standard InChI is InChI=1S/C11H17NS/c1-11(2,3)8-5-6-10(13)9(7-8)12-4/h5-7,12-13H,1-4H3. The summed E-state index contributed by atoms with van der Waals surface area (Å²) in [5, 5.41) is 3.13. The predicted molar refractivity (Wildman–Crippen MR) is 61.9 cm³/mol. The van der Waals surface area contributed by atoms with Crippen molar-refractivity contribution in [3.05, 3.63) is 23.8 Å². The van der Waals surface area contributed by atoms with Crippen LogP contribution in [-0.4, -0.2) is 7.05 Å². The lowest BCUT2D eigenvalue weighted by molar-refractivity contribution is 0.590. The van der Waals surface area contributed by atoms with Crippen LogP contribution in [0.3, 0.4) is 0 Å². The number of benzene rings is 1. The van der Waals surface area contributed by atoms with Gasteiger partial charge in [0.2, 0.25) is 0 Å². The lowest BCUT2D eigenvalue weighted by Gasteiger charge is -2.20. The molecule has 0 spiro atoms. The van der Waals surface area contributed by atoms with Crippen LogP contribution in [0.1, 0.15) is 26.3 Å². The second kappa shape index (κ2) is 3.62. The lowest BCUT2D eigenvalue weighted by Crippen LogP contribution is -2.11. The Balaban J connectivity index is 3.14. The molecule has 2 heteroatoms. The number of rotatable bonds is 1. The summed E-state index contributed by atoms with van der Waals surface area (Å²) >= 11 is 4.36. The van der Waals surface area contributed by atoms with Crippen LogP contribution in [0.15, 0.2) is 23.1 Å². The molecule has 1 nitrogen and oxygen atoms in total. The van der Waals surface area contributed by atoms with Crippen molar-refractivity contribution in [2.75, 3.05) is 12.4 Å². The van der Waals surface area contributed by atoms with Crippen LogP contribution in [0.4, 0.5) is 5.69 Å². The summed E-state index contributed by atoms with van der Waals surface area (Å²) < 4.78 is 0. The number of hydrogen-bond donors (Lipinski definition) is 2. The van der Waals surface area contributed by atoms with Crippen LogP contribution in [-0.2, 0) is 5.41 Å². The molecule has 0 fully saturated rings. The third kappa shape index (κ3) is 2.41. The van der Waals surface area contributed by atoms with Crippen LogP contribution in [0.5, 0.6) is 0 Å². The Morgan fingerprint density at radius 2 is 1.85 bits per heavy atom. The molecule has 1 rings (SSSR count). The Bertz CT molecular complexity index is 299. The first-order valence-electron chi connectivity index (χ1n) is 4.46. The smallest absolute Gasteiger partial charge is 0.0476 e. The summed E-state index contributed by atoms with van der Waals surface area (Å²) in [7, 11) is 1.92. The van der Waals surface area contributed by atoms with Crippen molar-refractivity contribution < 1.29 is 0 Å². The Morgan fingerprint density at radius 3 is 2.31 bits per heavy atom. The quantitative estimate of drug-likeness (QED) is 0.655. The van der Waals surface area contributed by atoms with Crippen LogP contribution in [0, 0.1) is 0 Å². The van der Waals surface area contributed by atoms with E-state index < -0.39 is 0 Å². The fraction of sp³-hybridized carbons (Fsp3) is 0.455. The van der Waals surface area contributed by atoms with Crippen molar-refractivity contribution in [3.8, 4) is 0 Å². The SMILES string of the molecule is CNc1cc(C(C)(C)C)ccc1S. The van der Waals surface area contributed by atoms with Gasteiger partial charge in [0.15, 0.2) is 0 Å². The maximum absolute atomic E-state index is 4.36. The monoisotopic (exact) mass is 195 g/mol. The fourth-order valence-electron chi connectivity index (χ4n) is 1.20. The van der Waals surface area contributed by atoms with Crippen molar-refractivity contribution in [1.82, 2.24) is 0 Å².